The smallest absolute Gasteiger partial charge is 0.325 e. The van der Waals surface area contributed by atoms with Gasteiger partial charge in [-0.2, -0.15) is 0 Å². The minimum absolute atomic E-state index is 0.0410. The van der Waals surface area contributed by atoms with Crippen LogP contribution in [-0.2, 0) is 9.53 Å². The molecule has 0 unspecified atom stereocenters. The number of hydrogen-bond acceptors (Lipinski definition) is 4. The molecule has 0 aliphatic heterocycles. The van der Waals surface area contributed by atoms with Gasteiger partial charge in [0.2, 0.25) is 0 Å². The van der Waals surface area contributed by atoms with Gasteiger partial charge in [0.25, 0.3) is 5.91 Å². The van der Waals surface area contributed by atoms with E-state index in [1.165, 1.54) is 12.1 Å². The van der Waals surface area contributed by atoms with Gasteiger partial charge in [-0.25, -0.2) is 0 Å². The molecular weight excluding hydrogens is 256 g/mol. The number of rotatable bonds is 6. The molecule has 1 rings (SSSR count). The summed E-state index contributed by atoms with van der Waals surface area (Å²) >= 11 is 5.81. The number of benzene rings is 1. The summed E-state index contributed by atoms with van der Waals surface area (Å²) in [6.07, 6.45) is 0.759. The van der Waals surface area contributed by atoms with Gasteiger partial charge in [0.15, 0.2) is 0 Å². The standard InChI is InChI=1S/C12H15ClN2O3/c1-2-5-18-11(16)7-15-10-6-8(13)3-4-9(10)12(14)17/h3-4,6,15H,2,5,7H2,1H3,(H2,14,17). The molecule has 0 aromatic heterocycles. The Hall–Kier alpha value is -1.75. The maximum atomic E-state index is 11.3. The van der Waals surface area contributed by atoms with Crippen molar-refractivity contribution in [3.8, 4) is 0 Å². The van der Waals surface area contributed by atoms with Gasteiger partial charge in [-0.05, 0) is 24.6 Å². The number of esters is 1. The van der Waals surface area contributed by atoms with E-state index in [2.05, 4.69) is 5.32 Å². The molecule has 3 N–H and O–H groups in total. The summed E-state index contributed by atoms with van der Waals surface area (Å²) < 4.78 is 4.89. The van der Waals surface area contributed by atoms with Crippen LogP contribution in [0.15, 0.2) is 18.2 Å². The van der Waals surface area contributed by atoms with E-state index >= 15 is 0 Å². The molecule has 0 atom stereocenters. The fraction of sp³-hybridized carbons (Fsp3) is 0.333. The zero-order valence-corrected chi connectivity index (χ0v) is 10.8. The topological polar surface area (TPSA) is 81.4 Å². The van der Waals surface area contributed by atoms with Gasteiger partial charge >= 0.3 is 5.97 Å². The highest BCUT2D eigenvalue weighted by molar-refractivity contribution is 6.31. The Balaban J connectivity index is 2.68. The normalized spacial score (nSPS) is 9.89. The summed E-state index contributed by atoms with van der Waals surface area (Å²) in [7, 11) is 0. The van der Waals surface area contributed by atoms with Crippen LogP contribution in [0, 0.1) is 0 Å². The predicted octanol–water partition coefficient (Wildman–Crippen LogP) is 1.80. The number of amides is 1. The van der Waals surface area contributed by atoms with Crippen molar-refractivity contribution in [3.05, 3.63) is 28.8 Å². The molecule has 6 heteroatoms. The van der Waals surface area contributed by atoms with Gasteiger partial charge in [0, 0.05) is 10.7 Å². The fourth-order valence-corrected chi connectivity index (χ4v) is 1.48. The number of hydrogen-bond donors (Lipinski definition) is 2. The zero-order valence-electron chi connectivity index (χ0n) is 10.0. The lowest BCUT2D eigenvalue weighted by Crippen LogP contribution is -2.20. The monoisotopic (exact) mass is 270 g/mol. The largest absolute Gasteiger partial charge is 0.464 e. The third kappa shape index (κ3) is 4.25. The number of primary amides is 1. The third-order valence-electron chi connectivity index (χ3n) is 2.14. The number of ether oxygens (including phenoxy) is 1. The van der Waals surface area contributed by atoms with E-state index in [0.29, 0.717) is 17.3 Å². The number of anilines is 1. The lowest BCUT2D eigenvalue weighted by molar-refractivity contribution is -0.141. The van der Waals surface area contributed by atoms with Crippen molar-refractivity contribution in [2.24, 2.45) is 5.73 Å². The van der Waals surface area contributed by atoms with Gasteiger partial charge in [0.1, 0.15) is 6.54 Å². The average molecular weight is 271 g/mol. The van der Waals surface area contributed by atoms with Crippen LogP contribution in [0.3, 0.4) is 0 Å². The number of carbonyl (C=O) groups is 2. The van der Waals surface area contributed by atoms with Crippen LogP contribution in [0.2, 0.25) is 5.02 Å². The van der Waals surface area contributed by atoms with E-state index in [4.69, 9.17) is 22.1 Å². The van der Waals surface area contributed by atoms with Crippen LogP contribution in [0.25, 0.3) is 0 Å². The molecule has 0 saturated heterocycles. The predicted molar refractivity (Wildman–Crippen MR) is 69.7 cm³/mol. The van der Waals surface area contributed by atoms with E-state index in [9.17, 15) is 9.59 Å². The Morgan fingerprint density at radius 2 is 2.17 bits per heavy atom. The molecule has 1 amide bonds. The van der Waals surface area contributed by atoms with Gasteiger partial charge in [-0.3, -0.25) is 9.59 Å². The average Bonchev–Trinajstić information content (AvgIpc) is 2.33. The van der Waals surface area contributed by atoms with Crippen molar-refractivity contribution in [2.75, 3.05) is 18.5 Å². The van der Waals surface area contributed by atoms with Crippen molar-refractivity contribution in [1.29, 1.82) is 0 Å². The van der Waals surface area contributed by atoms with Gasteiger partial charge in [-0.1, -0.05) is 18.5 Å². The first-order valence-corrected chi connectivity index (χ1v) is 5.91. The molecule has 0 aliphatic carbocycles. The molecule has 5 nitrogen and oxygen atoms in total. The van der Waals surface area contributed by atoms with E-state index in [1.54, 1.807) is 6.07 Å². The van der Waals surface area contributed by atoms with E-state index in [-0.39, 0.29) is 12.1 Å². The van der Waals surface area contributed by atoms with Gasteiger partial charge in [0.05, 0.1) is 12.2 Å². The Morgan fingerprint density at radius 3 is 2.78 bits per heavy atom. The molecule has 1 aromatic carbocycles. The summed E-state index contributed by atoms with van der Waals surface area (Å²) in [6.45, 7) is 2.24. The van der Waals surface area contributed by atoms with E-state index < -0.39 is 11.9 Å². The quantitative estimate of drug-likeness (QED) is 0.773. The second-order valence-corrected chi connectivity index (χ2v) is 4.06. The van der Waals surface area contributed by atoms with Crippen LogP contribution >= 0.6 is 11.6 Å². The molecule has 0 fully saturated rings. The number of halogens is 1. The maximum absolute atomic E-state index is 11.3. The Kier molecular flexibility index (Phi) is 5.45. The molecule has 1 aromatic rings. The third-order valence-corrected chi connectivity index (χ3v) is 2.37. The summed E-state index contributed by atoms with van der Waals surface area (Å²) in [4.78, 5) is 22.5. The second kappa shape index (κ2) is 6.86. The van der Waals surface area contributed by atoms with Crippen molar-refractivity contribution >= 4 is 29.2 Å². The van der Waals surface area contributed by atoms with E-state index in [0.717, 1.165) is 6.42 Å². The highest BCUT2D eigenvalue weighted by Gasteiger charge is 2.10. The van der Waals surface area contributed by atoms with Crippen LogP contribution in [0.4, 0.5) is 5.69 Å². The highest BCUT2D eigenvalue weighted by atomic mass is 35.5. The Bertz CT molecular complexity index is 449. The molecular formula is C12H15ClN2O3. The maximum Gasteiger partial charge on any atom is 0.325 e. The Labute approximate surface area is 110 Å². The molecule has 0 saturated carbocycles. The molecule has 18 heavy (non-hydrogen) atoms. The molecule has 0 heterocycles. The van der Waals surface area contributed by atoms with Gasteiger partial charge in [-0.15, -0.1) is 0 Å². The molecule has 0 aliphatic rings. The van der Waals surface area contributed by atoms with Crippen molar-refractivity contribution in [3.63, 3.8) is 0 Å². The number of nitrogens with two attached hydrogens (primary N) is 1. The first-order valence-electron chi connectivity index (χ1n) is 5.53. The summed E-state index contributed by atoms with van der Waals surface area (Å²) in [5.41, 5.74) is 5.91. The fourth-order valence-electron chi connectivity index (χ4n) is 1.31. The first-order chi connectivity index (χ1) is 8.54. The molecule has 98 valence electrons. The van der Waals surface area contributed by atoms with Crippen LogP contribution in [0.5, 0.6) is 0 Å². The van der Waals surface area contributed by atoms with Crippen molar-refractivity contribution < 1.29 is 14.3 Å². The second-order valence-electron chi connectivity index (χ2n) is 3.63. The summed E-state index contributed by atoms with van der Waals surface area (Å²) in [5, 5.41) is 3.23. The molecule has 0 spiro atoms. The summed E-state index contributed by atoms with van der Waals surface area (Å²) in [5.74, 6) is -0.983. The zero-order chi connectivity index (χ0) is 13.5. The van der Waals surface area contributed by atoms with Gasteiger partial charge < -0.3 is 15.8 Å². The van der Waals surface area contributed by atoms with Crippen LogP contribution < -0.4 is 11.1 Å². The van der Waals surface area contributed by atoms with Crippen molar-refractivity contribution in [2.45, 2.75) is 13.3 Å². The first kappa shape index (κ1) is 14.3. The lowest BCUT2D eigenvalue weighted by Gasteiger charge is -2.10. The molecule has 0 radical (unpaired) electrons. The van der Waals surface area contributed by atoms with Crippen molar-refractivity contribution in [1.82, 2.24) is 0 Å². The van der Waals surface area contributed by atoms with Crippen LogP contribution in [-0.4, -0.2) is 25.0 Å². The Morgan fingerprint density at radius 1 is 1.44 bits per heavy atom. The lowest BCUT2D eigenvalue weighted by atomic mass is 10.1. The minimum Gasteiger partial charge on any atom is -0.464 e. The highest BCUT2D eigenvalue weighted by Crippen LogP contribution is 2.20. The molecule has 0 bridgehead atoms. The minimum atomic E-state index is -0.587. The van der Waals surface area contributed by atoms with Crippen LogP contribution in [0.1, 0.15) is 23.7 Å². The summed E-state index contributed by atoms with van der Waals surface area (Å²) in [6, 6.07) is 4.60. The number of carbonyl (C=O) groups excluding carboxylic acids is 2. The number of nitrogens with one attached hydrogen (secondary N) is 1. The van der Waals surface area contributed by atoms with E-state index in [1.807, 2.05) is 6.92 Å². The SMILES string of the molecule is CCCOC(=O)CNc1cc(Cl)ccc1C(N)=O.